The van der Waals surface area contributed by atoms with Crippen molar-refractivity contribution in [3.63, 3.8) is 0 Å². The van der Waals surface area contributed by atoms with Gasteiger partial charge in [-0.15, -0.1) is 11.6 Å². The predicted molar refractivity (Wildman–Crippen MR) is 82.1 cm³/mol. The van der Waals surface area contributed by atoms with E-state index in [0.29, 0.717) is 17.3 Å². The average Bonchev–Trinajstić information content (AvgIpc) is 2.87. The molecule has 21 heavy (non-hydrogen) atoms. The van der Waals surface area contributed by atoms with Crippen molar-refractivity contribution in [2.45, 2.75) is 5.88 Å². The summed E-state index contributed by atoms with van der Waals surface area (Å²) >= 11 is 11.7. The van der Waals surface area contributed by atoms with Crippen LogP contribution in [0.25, 0.3) is 16.7 Å². The Hall–Kier alpha value is -1.78. The number of methoxy groups -OCH3 is 1. The van der Waals surface area contributed by atoms with Gasteiger partial charge in [0.05, 0.1) is 34.7 Å². The molecule has 6 heteroatoms. The van der Waals surface area contributed by atoms with Gasteiger partial charge in [-0.25, -0.2) is 9.37 Å². The molecule has 0 unspecified atom stereocenters. The summed E-state index contributed by atoms with van der Waals surface area (Å²) in [5, 5.41) is 0.0808. The maximum Gasteiger partial charge on any atom is 0.143 e. The summed E-state index contributed by atoms with van der Waals surface area (Å²) in [6, 6.07) is 10.1. The monoisotopic (exact) mass is 324 g/mol. The van der Waals surface area contributed by atoms with E-state index in [1.54, 1.807) is 17.7 Å². The molecule has 0 atom stereocenters. The third-order valence-electron chi connectivity index (χ3n) is 3.21. The molecule has 3 rings (SSSR count). The second-order valence-corrected chi connectivity index (χ2v) is 5.12. The van der Waals surface area contributed by atoms with Crippen LogP contribution < -0.4 is 4.74 Å². The molecule has 1 heterocycles. The Labute approximate surface area is 130 Å². The number of fused-ring (bicyclic) bond motifs is 1. The molecule has 2 aromatic carbocycles. The van der Waals surface area contributed by atoms with Crippen LogP contribution >= 0.6 is 23.2 Å². The quantitative estimate of drug-likeness (QED) is 0.660. The number of rotatable bonds is 3. The summed E-state index contributed by atoms with van der Waals surface area (Å²) in [4.78, 5) is 4.46. The van der Waals surface area contributed by atoms with Crippen LogP contribution in [0.2, 0.25) is 5.02 Å². The van der Waals surface area contributed by atoms with Gasteiger partial charge in [-0.3, -0.25) is 4.57 Å². The summed E-state index contributed by atoms with van der Waals surface area (Å²) < 4.78 is 20.7. The van der Waals surface area contributed by atoms with Crippen molar-refractivity contribution in [3.8, 4) is 11.4 Å². The first-order chi connectivity index (χ1) is 10.1. The second kappa shape index (κ2) is 5.54. The van der Waals surface area contributed by atoms with E-state index in [1.165, 1.54) is 12.1 Å². The lowest BCUT2D eigenvalue weighted by Crippen LogP contribution is -2.00. The zero-order valence-electron chi connectivity index (χ0n) is 11.1. The van der Waals surface area contributed by atoms with Crippen molar-refractivity contribution in [1.82, 2.24) is 9.55 Å². The first kappa shape index (κ1) is 14.2. The van der Waals surface area contributed by atoms with Crippen LogP contribution in [-0.4, -0.2) is 16.7 Å². The molecule has 0 saturated heterocycles. The third kappa shape index (κ3) is 2.45. The fourth-order valence-electron chi connectivity index (χ4n) is 2.24. The van der Waals surface area contributed by atoms with Crippen LogP contribution in [0.5, 0.6) is 5.75 Å². The number of nitrogens with zero attached hydrogens (tertiary/aromatic N) is 2. The molecular weight excluding hydrogens is 314 g/mol. The minimum Gasteiger partial charge on any atom is -0.497 e. The zero-order valence-corrected chi connectivity index (χ0v) is 12.6. The summed E-state index contributed by atoms with van der Waals surface area (Å²) in [6.45, 7) is 0. The minimum absolute atomic E-state index is 0.0808. The molecule has 0 fully saturated rings. The number of alkyl halides is 1. The van der Waals surface area contributed by atoms with Gasteiger partial charge in [-0.1, -0.05) is 11.6 Å². The van der Waals surface area contributed by atoms with Gasteiger partial charge in [0.25, 0.3) is 0 Å². The van der Waals surface area contributed by atoms with Gasteiger partial charge in [0, 0.05) is 6.07 Å². The second-order valence-electron chi connectivity index (χ2n) is 4.45. The van der Waals surface area contributed by atoms with E-state index in [0.717, 1.165) is 11.0 Å². The Bertz CT molecular complexity index is 817. The molecular formula is C15H11Cl2FN2O. The highest BCUT2D eigenvalue weighted by Gasteiger charge is 2.13. The average molecular weight is 325 g/mol. The Balaban J connectivity index is 2.26. The summed E-state index contributed by atoms with van der Waals surface area (Å²) in [5.74, 6) is 1.06. The van der Waals surface area contributed by atoms with Crippen LogP contribution in [-0.2, 0) is 5.88 Å². The van der Waals surface area contributed by atoms with Crippen molar-refractivity contribution in [2.75, 3.05) is 7.11 Å². The SMILES string of the molecule is COc1ccc2c(c1)nc(CCl)n2-c1ccc(Cl)c(F)c1. The molecule has 0 radical (unpaired) electrons. The van der Waals surface area contributed by atoms with E-state index >= 15 is 0 Å². The Kier molecular flexibility index (Phi) is 3.74. The van der Waals surface area contributed by atoms with E-state index < -0.39 is 5.82 Å². The third-order valence-corrected chi connectivity index (χ3v) is 3.76. The van der Waals surface area contributed by atoms with Crippen LogP contribution in [0.1, 0.15) is 5.82 Å². The van der Waals surface area contributed by atoms with Crippen LogP contribution in [0, 0.1) is 5.82 Å². The van der Waals surface area contributed by atoms with Crippen molar-refractivity contribution in [1.29, 1.82) is 0 Å². The van der Waals surface area contributed by atoms with Gasteiger partial charge in [-0.2, -0.15) is 0 Å². The molecule has 0 bridgehead atoms. The number of halogens is 3. The lowest BCUT2D eigenvalue weighted by Gasteiger charge is -2.08. The molecule has 0 saturated carbocycles. The molecule has 0 N–H and O–H groups in total. The van der Waals surface area contributed by atoms with Gasteiger partial charge in [0.15, 0.2) is 0 Å². The van der Waals surface area contributed by atoms with E-state index in [2.05, 4.69) is 4.98 Å². The molecule has 0 amide bonds. The van der Waals surface area contributed by atoms with Crippen molar-refractivity contribution in [2.24, 2.45) is 0 Å². The maximum atomic E-state index is 13.7. The molecule has 1 aromatic heterocycles. The Morgan fingerprint density at radius 2 is 2.05 bits per heavy atom. The van der Waals surface area contributed by atoms with E-state index in [4.69, 9.17) is 27.9 Å². The smallest absolute Gasteiger partial charge is 0.143 e. The maximum absolute atomic E-state index is 13.7. The van der Waals surface area contributed by atoms with E-state index in [-0.39, 0.29) is 10.9 Å². The largest absolute Gasteiger partial charge is 0.497 e. The lowest BCUT2D eigenvalue weighted by atomic mass is 10.2. The number of benzene rings is 2. The molecule has 3 nitrogen and oxygen atoms in total. The van der Waals surface area contributed by atoms with Crippen molar-refractivity contribution < 1.29 is 9.13 Å². The number of ether oxygens (including phenoxy) is 1. The number of hydrogen-bond donors (Lipinski definition) is 0. The molecule has 3 aromatic rings. The highest BCUT2D eigenvalue weighted by atomic mass is 35.5. The van der Waals surface area contributed by atoms with Gasteiger partial charge in [0.2, 0.25) is 0 Å². The number of imidazole rings is 1. The molecule has 0 aliphatic rings. The zero-order chi connectivity index (χ0) is 15.0. The Morgan fingerprint density at radius 1 is 1.24 bits per heavy atom. The lowest BCUT2D eigenvalue weighted by molar-refractivity contribution is 0.415. The van der Waals surface area contributed by atoms with Crippen molar-refractivity contribution in [3.05, 3.63) is 53.1 Å². The predicted octanol–water partition coefficient (Wildman–Crippen LogP) is 4.57. The van der Waals surface area contributed by atoms with Crippen molar-refractivity contribution >= 4 is 34.2 Å². The van der Waals surface area contributed by atoms with Gasteiger partial charge < -0.3 is 4.74 Å². The molecule has 0 spiro atoms. The normalized spacial score (nSPS) is 11.0. The van der Waals surface area contributed by atoms with Gasteiger partial charge >= 0.3 is 0 Å². The topological polar surface area (TPSA) is 27.1 Å². The first-order valence-corrected chi connectivity index (χ1v) is 7.12. The van der Waals surface area contributed by atoms with Gasteiger partial charge in [-0.05, 0) is 30.3 Å². The minimum atomic E-state index is -0.481. The van der Waals surface area contributed by atoms with Crippen LogP contribution in [0.3, 0.4) is 0 Å². The standard InChI is InChI=1S/C15H11Cl2FN2O/c1-21-10-3-5-14-13(7-10)19-15(8-16)20(14)9-2-4-11(17)12(18)6-9/h2-7H,8H2,1H3. The van der Waals surface area contributed by atoms with Gasteiger partial charge in [0.1, 0.15) is 17.4 Å². The highest BCUT2D eigenvalue weighted by molar-refractivity contribution is 6.30. The number of hydrogen-bond acceptors (Lipinski definition) is 2. The molecule has 0 aliphatic carbocycles. The summed E-state index contributed by atoms with van der Waals surface area (Å²) in [7, 11) is 1.59. The highest BCUT2D eigenvalue weighted by Crippen LogP contribution is 2.27. The van der Waals surface area contributed by atoms with E-state index in [9.17, 15) is 4.39 Å². The number of aromatic nitrogens is 2. The summed E-state index contributed by atoms with van der Waals surface area (Å²) in [6.07, 6.45) is 0. The van der Waals surface area contributed by atoms with Crippen LogP contribution in [0.4, 0.5) is 4.39 Å². The van der Waals surface area contributed by atoms with E-state index in [1.807, 2.05) is 18.2 Å². The fraction of sp³-hybridized carbons (Fsp3) is 0.133. The summed E-state index contributed by atoms with van der Waals surface area (Å²) in [5.41, 5.74) is 2.19. The Morgan fingerprint density at radius 3 is 2.71 bits per heavy atom. The first-order valence-electron chi connectivity index (χ1n) is 6.21. The molecule has 108 valence electrons. The van der Waals surface area contributed by atoms with Crippen LogP contribution in [0.15, 0.2) is 36.4 Å². The fourth-order valence-corrected chi connectivity index (χ4v) is 2.54. The molecule has 0 aliphatic heterocycles.